The Morgan fingerprint density at radius 3 is 1.53 bits per heavy atom. The summed E-state index contributed by atoms with van der Waals surface area (Å²) in [7, 11) is 1.94. The van der Waals surface area contributed by atoms with Crippen LogP contribution in [0.1, 0.15) is 32.1 Å². The molecule has 1 aliphatic carbocycles. The summed E-state index contributed by atoms with van der Waals surface area (Å²) in [6, 6.07) is 0. The summed E-state index contributed by atoms with van der Waals surface area (Å²) in [6.45, 7) is 0.489. The molecule has 0 heterocycles. The smallest absolute Gasteiger partial charge is 0.360 e. The zero-order chi connectivity index (χ0) is 14.0. The first-order valence-electron chi connectivity index (χ1n) is 6.67. The second kappa shape index (κ2) is 9.81. The van der Waals surface area contributed by atoms with Crippen LogP contribution in [0.3, 0.4) is 0 Å². The van der Waals surface area contributed by atoms with Gasteiger partial charge in [-0.3, -0.25) is 0 Å². The van der Waals surface area contributed by atoms with Gasteiger partial charge in [0.1, 0.15) is 20.4 Å². The van der Waals surface area contributed by atoms with E-state index < -0.39 is 8.80 Å². The average Bonchev–Trinajstić information content (AvgIpc) is 2.48. The molecule has 114 valence electrons. The van der Waals surface area contributed by atoms with E-state index in [1.807, 2.05) is 0 Å². The molecule has 19 heavy (non-hydrogen) atoms. The molecule has 0 aromatic rings. The number of hydrogen-bond acceptors (Lipinski definition) is 6. The van der Waals surface area contributed by atoms with Gasteiger partial charge in [-0.1, -0.05) is 19.3 Å². The molecule has 0 radical (unpaired) electrons. The normalized spacial score (nSPS) is 17.8. The Morgan fingerprint density at radius 2 is 1.16 bits per heavy atom. The third-order valence-corrected chi connectivity index (χ3v) is 6.38. The van der Waals surface area contributed by atoms with E-state index in [0.29, 0.717) is 5.54 Å². The monoisotopic (exact) mass is 294 g/mol. The number of ether oxygens (including phenoxy) is 3. The van der Waals surface area contributed by atoms with Crippen molar-refractivity contribution < 1.29 is 27.5 Å². The van der Waals surface area contributed by atoms with Crippen molar-refractivity contribution in [2.45, 2.75) is 37.6 Å². The van der Waals surface area contributed by atoms with Gasteiger partial charge < -0.3 is 27.5 Å². The first-order chi connectivity index (χ1) is 9.29. The van der Waals surface area contributed by atoms with Crippen molar-refractivity contribution in [1.29, 1.82) is 0 Å². The highest BCUT2D eigenvalue weighted by Crippen LogP contribution is 2.38. The highest BCUT2D eigenvalue weighted by molar-refractivity contribution is 6.62. The summed E-state index contributed by atoms with van der Waals surface area (Å²) in [6.07, 6.45) is 5.75. The van der Waals surface area contributed by atoms with Crippen LogP contribution in [-0.4, -0.2) is 50.5 Å². The van der Waals surface area contributed by atoms with Crippen LogP contribution in [-0.2, 0) is 27.5 Å². The predicted octanol–water partition coefficient (Wildman–Crippen LogP) is 2.12. The topological polar surface area (TPSA) is 55.4 Å². The van der Waals surface area contributed by atoms with E-state index in [0.717, 1.165) is 12.8 Å². The predicted molar refractivity (Wildman–Crippen MR) is 71.5 cm³/mol. The summed E-state index contributed by atoms with van der Waals surface area (Å²) in [4.78, 5) is 0. The Morgan fingerprint density at radius 1 is 0.737 bits per heavy atom. The van der Waals surface area contributed by atoms with Gasteiger partial charge in [-0.25, -0.2) is 0 Å². The van der Waals surface area contributed by atoms with E-state index in [-0.39, 0.29) is 20.4 Å². The van der Waals surface area contributed by atoms with Crippen LogP contribution in [0.4, 0.5) is 0 Å². The fraction of sp³-hybridized carbons (Fsp3) is 1.00. The van der Waals surface area contributed by atoms with Crippen LogP contribution < -0.4 is 0 Å². The standard InChI is InChI=1S/C12H26O6Si/c1-13-9-16-19(17-10-14-2,18-11-15-3)12-7-5-4-6-8-12/h12H,4-11H2,1-3H3. The number of hydrogen-bond donors (Lipinski definition) is 0. The Bertz CT molecular complexity index is 200. The minimum Gasteiger partial charge on any atom is -0.360 e. The second-order valence-electron chi connectivity index (χ2n) is 4.59. The van der Waals surface area contributed by atoms with Gasteiger partial charge in [0.05, 0.1) is 0 Å². The molecule has 0 N–H and O–H groups in total. The van der Waals surface area contributed by atoms with Crippen LogP contribution in [0.5, 0.6) is 0 Å². The van der Waals surface area contributed by atoms with E-state index in [9.17, 15) is 0 Å². The van der Waals surface area contributed by atoms with E-state index in [4.69, 9.17) is 27.5 Å². The molecule has 0 unspecified atom stereocenters. The van der Waals surface area contributed by atoms with Gasteiger partial charge >= 0.3 is 8.80 Å². The SMILES string of the molecule is COCO[Si](OCOC)(OCOC)C1CCCCC1. The summed E-state index contributed by atoms with van der Waals surface area (Å²) in [5.74, 6) is 0. The van der Waals surface area contributed by atoms with Crippen molar-refractivity contribution in [3.8, 4) is 0 Å². The third kappa shape index (κ3) is 5.47. The highest BCUT2D eigenvalue weighted by Gasteiger charge is 2.50. The minimum absolute atomic E-state index is 0.163. The molecule has 1 aliphatic rings. The maximum absolute atomic E-state index is 5.83. The molecule has 1 rings (SSSR count). The molecule has 1 fully saturated rings. The Hall–Kier alpha value is -0.0231. The maximum Gasteiger partial charge on any atom is 0.509 e. The lowest BCUT2D eigenvalue weighted by Crippen LogP contribution is -2.52. The summed E-state index contributed by atoms with van der Waals surface area (Å²) in [5, 5.41) is 0. The number of rotatable bonds is 10. The Balaban J connectivity index is 2.73. The molecule has 0 spiro atoms. The zero-order valence-corrected chi connectivity index (χ0v) is 13.2. The molecule has 1 saturated carbocycles. The minimum atomic E-state index is -2.83. The fourth-order valence-corrected chi connectivity index (χ4v) is 5.28. The lowest BCUT2D eigenvalue weighted by atomic mass is 10.0. The quantitative estimate of drug-likeness (QED) is 0.454. The van der Waals surface area contributed by atoms with Crippen molar-refractivity contribution in [3.05, 3.63) is 0 Å². The van der Waals surface area contributed by atoms with Gasteiger partial charge in [-0.05, 0) is 12.8 Å². The van der Waals surface area contributed by atoms with Gasteiger partial charge in [-0.15, -0.1) is 0 Å². The second-order valence-corrected chi connectivity index (χ2v) is 7.48. The van der Waals surface area contributed by atoms with Crippen molar-refractivity contribution in [2.24, 2.45) is 0 Å². The fourth-order valence-electron chi connectivity index (χ4n) is 2.36. The van der Waals surface area contributed by atoms with Crippen LogP contribution in [0.15, 0.2) is 0 Å². The summed E-state index contributed by atoms with van der Waals surface area (Å²) < 4.78 is 32.6. The molecule has 0 aromatic carbocycles. The van der Waals surface area contributed by atoms with Gasteiger partial charge in [0.2, 0.25) is 0 Å². The van der Waals surface area contributed by atoms with E-state index >= 15 is 0 Å². The Labute approximate surface area is 116 Å². The number of methoxy groups -OCH3 is 3. The molecule has 0 aliphatic heterocycles. The molecule has 0 bridgehead atoms. The molecular formula is C12H26O6Si. The third-order valence-electron chi connectivity index (χ3n) is 3.24. The van der Waals surface area contributed by atoms with E-state index in [2.05, 4.69) is 0 Å². The lowest BCUT2D eigenvalue weighted by Gasteiger charge is -2.37. The van der Waals surface area contributed by atoms with Crippen molar-refractivity contribution in [2.75, 3.05) is 41.7 Å². The van der Waals surface area contributed by atoms with E-state index in [1.54, 1.807) is 21.3 Å². The summed E-state index contributed by atoms with van der Waals surface area (Å²) in [5.41, 5.74) is 0.293. The van der Waals surface area contributed by atoms with Crippen molar-refractivity contribution in [1.82, 2.24) is 0 Å². The largest absolute Gasteiger partial charge is 0.509 e. The molecule has 0 saturated heterocycles. The molecule has 0 amide bonds. The highest BCUT2D eigenvalue weighted by atomic mass is 28.4. The molecule has 7 heteroatoms. The molecule has 0 aromatic heterocycles. The molecular weight excluding hydrogens is 268 g/mol. The van der Waals surface area contributed by atoms with Crippen LogP contribution in [0.2, 0.25) is 5.54 Å². The van der Waals surface area contributed by atoms with Gasteiger partial charge in [-0.2, -0.15) is 0 Å². The lowest BCUT2D eigenvalue weighted by molar-refractivity contribution is -0.0914. The van der Waals surface area contributed by atoms with Crippen molar-refractivity contribution in [3.63, 3.8) is 0 Å². The van der Waals surface area contributed by atoms with Gasteiger partial charge in [0.25, 0.3) is 0 Å². The molecule has 0 atom stereocenters. The Kier molecular flexibility index (Phi) is 8.80. The molecule has 6 nitrogen and oxygen atoms in total. The van der Waals surface area contributed by atoms with Gasteiger partial charge in [0.15, 0.2) is 0 Å². The maximum atomic E-state index is 5.83. The summed E-state index contributed by atoms with van der Waals surface area (Å²) >= 11 is 0. The van der Waals surface area contributed by atoms with Crippen LogP contribution >= 0.6 is 0 Å². The first kappa shape index (κ1) is 17.0. The average molecular weight is 294 g/mol. The van der Waals surface area contributed by atoms with Crippen LogP contribution in [0.25, 0.3) is 0 Å². The van der Waals surface area contributed by atoms with Gasteiger partial charge in [0, 0.05) is 26.9 Å². The first-order valence-corrected chi connectivity index (χ1v) is 8.48. The van der Waals surface area contributed by atoms with E-state index in [1.165, 1.54) is 19.3 Å². The van der Waals surface area contributed by atoms with Crippen molar-refractivity contribution >= 4 is 8.80 Å². The zero-order valence-electron chi connectivity index (χ0n) is 12.2. The van der Waals surface area contributed by atoms with Crippen LogP contribution in [0, 0.1) is 0 Å².